The maximum absolute atomic E-state index is 12.3. The molecule has 0 unspecified atom stereocenters. The Balaban J connectivity index is 2.41. The number of carbonyl (C=O) groups excluding carboxylic acids is 1. The van der Waals surface area contributed by atoms with Gasteiger partial charge in [0, 0.05) is 17.5 Å². The van der Waals surface area contributed by atoms with E-state index in [0.29, 0.717) is 11.3 Å². The standard InChI is InChI=1S/C15H16N2O/c1-10(2)17-8-14(16-9-17)15(18)13-7-5-6-11(3)12(13)4/h5-9H,1H2,2-4H3. The number of imidazole rings is 1. The molecule has 0 radical (unpaired) electrons. The first-order valence-corrected chi connectivity index (χ1v) is 5.81. The second-order valence-electron chi connectivity index (χ2n) is 4.48. The van der Waals surface area contributed by atoms with Crippen molar-refractivity contribution < 1.29 is 4.79 Å². The van der Waals surface area contributed by atoms with E-state index in [1.54, 1.807) is 17.1 Å². The summed E-state index contributed by atoms with van der Waals surface area (Å²) in [6.45, 7) is 9.64. The summed E-state index contributed by atoms with van der Waals surface area (Å²) in [6, 6.07) is 5.73. The summed E-state index contributed by atoms with van der Waals surface area (Å²) in [7, 11) is 0. The first kappa shape index (κ1) is 12.3. The molecule has 0 saturated heterocycles. The largest absolute Gasteiger partial charge is 0.310 e. The van der Waals surface area contributed by atoms with Crippen molar-refractivity contribution in [2.75, 3.05) is 0 Å². The maximum atomic E-state index is 12.3. The molecular weight excluding hydrogens is 224 g/mol. The highest BCUT2D eigenvalue weighted by Crippen LogP contribution is 2.16. The number of benzene rings is 1. The molecule has 0 N–H and O–H groups in total. The minimum absolute atomic E-state index is 0.0452. The van der Waals surface area contributed by atoms with Crippen molar-refractivity contribution >= 4 is 11.5 Å². The van der Waals surface area contributed by atoms with E-state index in [1.165, 1.54) is 0 Å². The van der Waals surface area contributed by atoms with Crippen molar-refractivity contribution in [1.82, 2.24) is 9.55 Å². The van der Waals surface area contributed by atoms with Gasteiger partial charge in [-0.15, -0.1) is 0 Å². The fourth-order valence-corrected chi connectivity index (χ4v) is 1.78. The van der Waals surface area contributed by atoms with E-state index in [0.717, 1.165) is 16.8 Å². The Hall–Kier alpha value is -2.16. The molecule has 3 nitrogen and oxygen atoms in total. The first-order chi connectivity index (χ1) is 8.50. The molecule has 0 atom stereocenters. The number of rotatable bonds is 3. The molecular formula is C15H16N2O. The molecule has 0 aliphatic rings. The molecule has 0 aliphatic heterocycles. The average molecular weight is 240 g/mol. The highest BCUT2D eigenvalue weighted by Gasteiger charge is 2.15. The molecule has 0 saturated carbocycles. The molecule has 0 bridgehead atoms. The molecule has 0 fully saturated rings. The van der Waals surface area contributed by atoms with E-state index in [1.807, 2.05) is 39.0 Å². The monoisotopic (exact) mass is 240 g/mol. The van der Waals surface area contributed by atoms with E-state index in [-0.39, 0.29) is 5.78 Å². The van der Waals surface area contributed by atoms with Gasteiger partial charge in [-0.25, -0.2) is 4.98 Å². The second-order valence-corrected chi connectivity index (χ2v) is 4.48. The lowest BCUT2D eigenvalue weighted by molar-refractivity contribution is 0.103. The number of hydrogen-bond acceptors (Lipinski definition) is 2. The predicted octanol–water partition coefficient (Wildman–Crippen LogP) is 3.22. The van der Waals surface area contributed by atoms with Gasteiger partial charge in [0.1, 0.15) is 5.69 Å². The molecule has 2 aromatic rings. The zero-order valence-electron chi connectivity index (χ0n) is 10.9. The fourth-order valence-electron chi connectivity index (χ4n) is 1.78. The molecule has 92 valence electrons. The number of aromatic nitrogens is 2. The van der Waals surface area contributed by atoms with Crippen molar-refractivity contribution in [3.8, 4) is 0 Å². The molecule has 1 heterocycles. The van der Waals surface area contributed by atoms with Crippen molar-refractivity contribution in [2.24, 2.45) is 0 Å². The van der Waals surface area contributed by atoms with Gasteiger partial charge in [-0.1, -0.05) is 24.8 Å². The normalized spacial score (nSPS) is 10.4. The number of aryl methyl sites for hydroxylation is 1. The summed E-state index contributed by atoms with van der Waals surface area (Å²) in [6.07, 6.45) is 3.33. The van der Waals surface area contributed by atoms with Crippen LogP contribution in [0, 0.1) is 13.8 Å². The Morgan fingerprint density at radius 1 is 1.33 bits per heavy atom. The van der Waals surface area contributed by atoms with Gasteiger partial charge in [-0.05, 0) is 31.9 Å². The van der Waals surface area contributed by atoms with Crippen LogP contribution in [-0.2, 0) is 0 Å². The molecule has 1 aromatic heterocycles. The fraction of sp³-hybridized carbons (Fsp3) is 0.200. The number of ketones is 1. The van der Waals surface area contributed by atoms with Gasteiger partial charge in [-0.3, -0.25) is 4.79 Å². The topological polar surface area (TPSA) is 34.9 Å². The molecule has 0 amide bonds. The summed E-state index contributed by atoms with van der Waals surface area (Å²) < 4.78 is 1.75. The van der Waals surface area contributed by atoms with Gasteiger partial charge in [0.05, 0.1) is 6.33 Å². The van der Waals surface area contributed by atoms with Crippen molar-refractivity contribution in [2.45, 2.75) is 20.8 Å². The van der Waals surface area contributed by atoms with Crippen LogP contribution in [0.5, 0.6) is 0 Å². The lowest BCUT2D eigenvalue weighted by Crippen LogP contribution is -2.05. The van der Waals surface area contributed by atoms with Gasteiger partial charge in [0.15, 0.2) is 0 Å². The smallest absolute Gasteiger partial charge is 0.213 e. The Labute approximate surface area is 107 Å². The number of carbonyl (C=O) groups is 1. The van der Waals surface area contributed by atoms with Crippen molar-refractivity contribution in [3.63, 3.8) is 0 Å². The van der Waals surface area contributed by atoms with E-state index >= 15 is 0 Å². The summed E-state index contributed by atoms with van der Waals surface area (Å²) in [4.78, 5) is 16.5. The van der Waals surface area contributed by atoms with Crippen LogP contribution >= 0.6 is 0 Å². The number of allylic oxidation sites excluding steroid dienone is 1. The summed E-state index contributed by atoms with van der Waals surface area (Å²) >= 11 is 0. The van der Waals surface area contributed by atoms with Gasteiger partial charge >= 0.3 is 0 Å². The van der Waals surface area contributed by atoms with Crippen LogP contribution in [0.25, 0.3) is 5.70 Å². The van der Waals surface area contributed by atoms with Crippen LogP contribution in [0.15, 0.2) is 37.3 Å². The van der Waals surface area contributed by atoms with E-state index in [2.05, 4.69) is 11.6 Å². The minimum atomic E-state index is -0.0452. The highest BCUT2D eigenvalue weighted by molar-refractivity contribution is 6.08. The molecule has 18 heavy (non-hydrogen) atoms. The van der Waals surface area contributed by atoms with E-state index in [4.69, 9.17) is 0 Å². The first-order valence-electron chi connectivity index (χ1n) is 5.81. The molecule has 0 aliphatic carbocycles. The van der Waals surface area contributed by atoms with Crippen LogP contribution in [0.4, 0.5) is 0 Å². The van der Waals surface area contributed by atoms with Crippen LogP contribution in [0.1, 0.15) is 34.1 Å². The van der Waals surface area contributed by atoms with Crippen LogP contribution in [-0.4, -0.2) is 15.3 Å². The molecule has 0 spiro atoms. The Morgan fingerprint density at radius 2 is 2.06 bits per heavy atom. The van der Waals surface area contributed by atoms with Gasteiger partial charge in [0.2, 0.25) is 5.78 Å². The van der Waals surface area contributed by atoms with Crippen molar-refractivity contribution in [3.05, 3.63) is 59.7 Å². The zero-order valence-corrected chi connectivity index (χ0v) is 10.9. The lowest BCUT2D eigenvalue weighted by atomic mass is 9.99. The quantitative estimate of drug-likeness (QED) is 0.772. The van der Waals surface area contributed by atoms with Gasteiger partial charge in [-0.2, -0.15) is 0 Å². The summed E-state index contributed by atoms with van der Waals surface area (Å²) in [5.74, 6) is -0.0452. The number of nitrogens with zero attached hydrogens (tertiary/aromatic N) is 2. The second kappa shape index (κ2) is 4.61. The predicted molar refractivity (Wildman–Crippen MR) is 72.6 cm³/mol. The van der Waals surface area contributed by atoms with Crippen molar-refractivity contribution in [1.29, 1.82) is 0 Å². The third-order valence-corrected chi connectivity index (χ3v) is 3.11. The Morgan fingerprint density at radius 3 is 2.67 bits per heavy atom. The zero-order chi connectivity index (χ0) is 13.3. The summed E-state index contributed by atoms with van der Waals surface area (Å²) in [5.41, 5.74) is 4.11. The Bertz CT molecular complexity index is 623. The van der Waals surface area contributed by atoms with Crippen LogP contribution in [0.3, 0.4) is 0 Å². The number of hydrogen-bond donors (Lipinski definition) is 0. The van der Waals surface area contributed by atoms with Crippen LogP contribution < -0.4 is 0 Å². The van der Waals surface area contributed by atoms with E-state index < -0.39 is 0 Å². The Kier molecular flexibility index (Phi) is 3.15. The van der Waals surface area contributed by atoms with E-state index in [9.17, 15) is 4.79 Å². The van der Waals surface area contributed by atoms with Gasteiger partial charge < -0.3 is 4.57 Å². The van der Waals surface area contributed by atoms with Gasteiger partial charge in [0.25, 0.3) is 0 Å². The third kappa shape index (κ3) is 2.12. The SMILES string of the molecule is C=C(C)n1cnc(C(=O)c2cccc(C)c2C)c1. The molecule has 2 rings (SSSR count). The summed E-state index contributed by atoms with van der Waals surface area (Å²) in [5, 5.41) is 0. The lowest BCUT2D eigenvalue weighted by Gasteiger charge is -2.05. The third-order valence-electron chi connectivity index (χ3n) is 3.11. The minimum Gasteiger partial charge on any atom is -0.310 e. The molecule has 3 heteroatoms. The average Bonchev–Trinajstić information content (AvgIpc) is 2.81. The highest BCUT2D eigenvalue weighted by atomic mass is 16.1. The molecule has 1 aromatic carbocycles. The van der Waals surface area contributed by atoms with Crippen LogP contribution in [0.2, 0.25) is 0 Å². The maximum Gasteiger partial charge on any atom is 0.213 e.